The van der Waals surface area contributed by atoms with Crippen molar-refractivity contribution in [3.05, 3.63) is 59.3 Å². The normalized spacial score (nSPS) is 14.7. The van der Waals surface area contributed by atoms with Gasteiger partial charge in [-0.25, -0.2) is 4.79 Å². The Morgan fingerprint density at radius 2 is 1.77 bits per heavy atom. The number of fused-ring (bicyclic) bond motifs is 6. The van der Waals surface area contributed by atoms with Crippen molar-refractivity contribution in [3.63, 3.8) is 0 Å². The Labute approximate surface area is 175 Å². The average Bonchev–Trinajstić information content (AvgIpc) is 3.12. The van der Waals surface area contributed by atoms with Crippen LogP contribution in [-0.4, -0.2) is 43.3 Å². The summed E-state index contributed by atoms with van der Waals surface area (Å²) in [5.74, 6) is -0.267. The van der Waals surface area contributed by atoms with E-state index < -0.39 is 0 Å². The van der Waals surface area contributed by atoms with Gasteiger partial charge in [-0.2, -0.15) is 0 Å². The second-order valence-electron chi connectivity index (χ2n) is 7.91. The molecule has 1 saturated heterocycles. The third kappa shape index (κ3) is 2.84. The molecule has 2 aromatic heterocycles. The smallest absolute Gasteiger partial charge is 0.339 e. The summed E-state index contributed by atoms with van der Waals surface area (Å²) in [5.41, 5.74) is 6.14. The standard InChI is InChI=1S/C25H26N2O3/c1-4-30-25(28)20-15-21-18-7-5-6-8-19(18)24-22(26-9-11-29-12-10-26)13-16(2)14-23(24)27(21)17(20)3/h5-8,13-15H,4,9-12H2,1-3H3. The van der Waals surface area contributed by atoms with Crippen molar-refractivity contribution in [3.8, 4) is 0 Å². The monoisotopic (exact) mass is 402 g/mol. The van der Waals surface area contributed by atoms with Crippen LogP contribution in [0.3, 0.4) is 0 Å². The number of carbonyl (C=O) groups excluding carboxylic acids is 1. The van der Waals surface area contributed by atoms with E-state index in [9.17, 15) is 4.79 Å². The van der Waals surface area contributed by atoms with Crippen molar-refractivity contribution in [1.82, 2.24) is 4.40 Å². The van der Waals surface area contributed by atoms with E-state index in [1.54, 1.807) is 0 Å². The molecule has 5 heteroatoms. The Balaban J connectivity index is 1.93. The minimum atomic E-state index is -0.267. The first kappa shape index (κ1) is 18.9. The third-order valence-corrected chi connectivity index (χ3v) is 6.05. The number of anilines is 1. The van der Waals surface area contributed by atoms with Crippen LogP contribution in [0.25, 0.3) is 27.2 Å². The maximum absolute atomic E-state index is 12.6. The summed E-state index contributed by atoms with van der Waals surface area (Å²) in [7, 11) is 0. The van der Waals surface area contributed by atoms with Crippen molar-refractivity contribution in [2.75, 3.05) is 37.8 Å². The zero-order chi connectivity index (χ0) is 20.8. The van der Waals surface area contributed by atoms with E-state index in [1.165, 1.54) is 22.0 Å². The quantitative estimate of drug-likeness (QED) is 0.362. The van der Waals surface area contributed by atoms with Gasteiger partial charge in [0.1, 0.15) is 0 Å². The molecule has 0 saturated carbocycles. The summed E-state index contributed by atoms with van der Waals surface area (Å²) in [6.07, 6.45) is 0. The predicted molar refractivity (Wildman–Crippen MR) is 121 cm³/mol. The lowest BCUT2D eigenvalue weighted by Gasteiger charge is -2.31. The van der Waals surface area contributed by atoms with Gasteiger partial charge in [-0.15, -0.1) is 0 Å². The predicted octanol–water partition coefficient (Wildman–Crippen LogP) is 4.88. The largest absolute Gasteiger partial charge is 0.462 e. The topological polar surface area (TPSA) is 43.2 Å². The summed E-state index contributed by atoms with van der Waals surface area (Å²) in [4.78, 5) is 15.0. The van der Waals surface area contributed by atoms with Crippen LogP contribution >= 0.6 is 0 Å². The van der Waals surface area contributed by atoms with Crippen molar-refractivity contribution in [2.45, 2.75) is 20.8 Å². The summed E-state index contributed by atoms with van der Waals surface area (Å²) >= 11 is 0. The van der Waals surface area contributed by atoms with Crippen LogP contribution in [0.1, 0.15) is 28.5 Å². The van der Waals surface area contributed by atoms with Gasteiger partial charge < -0.3 is 18.8 Å². The van der Waals surface area contributed by atoms with E-state index in [2.05, 4.69) is 52.6 Å². The first-order valence-electron chi connectivity index (χ1n) is 10.6. The van der Waals surface area contributed by atoms with Crippen LogP contribution in [0.2, 0.25) is 0 Å². The fourth-order valence-corrected chi connectivity index (χ4v) is 4.71. The second kappa shape index (κ2) is 7.33. The number of hydrogen-bond acceptors (Lipinski definition) is 4. The molecule has 0 N–H and O–H groups in total. The Morgan fingerprint density at radius 3 is 2.50 bits per heavy atom. The minimum Gasteiger partial charge on any atom is -0.462 e. The molecule has 1 aliphatic heterocycles. The molecular formula is C25H26N2O3. The van der Waals surface area contributed by atoms with Crippen molar-refractivity contribution >= 4 is 38.8 Å². The number of rotatable bonds is 3. The molecular weight excluding hydrogens is 376 g/mol. The molecule has 1 aliphatic rings. The Hall–Kier alpha value is -3.05. The van der Waals surface area contributed by atoms with Gasteiger partial charge in [0.05, 0.1) is 36.4 Å². The van der Waals surface area contributed by atoms with Crippen LogP contribution in [0.15, 0.2) is 42.5 Å². The maximum atomic E-state index is 12.6. The van der Waals surface area contributed by atoms with Gasteiger partial charge >= 0.3 is 5.97 Å². The SMILES string of the molecule is CCOC(=O)c1cc2c3ccccc3c3c(N4CCOCC4)cc(C)cc3n2c1C. The Morgan fingerprint density at radius 1 is 1.03 bits per heavy atom. The molecule has 0 bridgehead atoms. The lowest BCUT2D eigenvalue weighted by Crippen LogP contribution is -2.36. The number of hydrogen-bond donors (Lipinski definition) is 0. The maximum Gasteiger partial charge on any atom is 0.339 e. The zero-order valence-corrected chi connectivity index (χ0v) is 17.7. The second-order valence-corrected chi connectivity index (χ2v) is 7.91. The highest BCUT2D eigenvalue weighted by atomic mass is 16.5. The summed E-state index contributed by atoms with van der Waals surface area (Å²) in [6.45, 7) is 9.58. The first-order valence-corrected chi connectivity index (χ1v) is 10.6. The molecule has 154 valence electrons. The number of esters is 1. The van der Waals surface area contributed by atoms with Gasteiger partial charge in [-0.05, 0) is 49.9 Å². The molecule has 3 heterocycles. The molecule has 1 fully saturated rings. The molecule has 0 amide bonds. The number of aryl methyl sites for hydroxylation is 2. The lowest BCUT2D eigenvalue weighted by atomic mass is 10.0. The third-order valence-electron chi connectivity index (χ3n) is 6.05. The number of benzene rings is 2. The van der Waals surface area contributed by atoms with E-state index in [0.29, 0.717) is 12.2 Å². The molecule has 0 atom stereocenters. The van der Waals surface area contributed by atoms with Crippen LogP contribution in [0, 0.1) is 13.8 Å². The fourth-order valence-electron chi connectivity index (χ4n) is 4.71. The summed E-state index contributed by atoms with van der Waals surface area (Å²) in [6, 6.07) is 14.9. The highest BCUT2D eigenvalue weighted by molar-refractivity contribution is 6.18. The number of pyridine rings is 1. The van der Waals surface area contributed by atoms with E-state index in [0.717, 1.165) is 48.4 Å². The molecule has 0 radical (unpaired) electrons. The molecule has 5 rings (SSSR count). The van der Waals surface area contributed by atoms with Gasteiger partial charge in [0.15, 0.2) is 0 Å². The van der Waals surface area contributed by atoms with Crippen molar-refractivity contribution in [1.29, 1.82) is 0 Å². The number of nitrogens with zero attached hydrogens (tertiary/aromatic N) is 2. The van der Waals surface area contributed by atoms with E-state index in [1.807, 2.05) is 19.9 Å². The Kier molecular flexibility index (Phi) is 4.63. The van der Waals surface area contributed by atoms with Gasteiger partial charge in [0, 0.05) is 35.2 Å². The highest BCUT2D eigenvalue weighted by Crippen LogP contribution is 2.39. The van der Waals surface area contributed by atoms with Crippen LogP contribution in [0.5, 0.6) is 0 Å². The highest BCUT2D eigenvalue weighted by Gasteiger charge is 2.22. The van der Waals surface area contributed by atoms with Crippen LogP contribution in [0.4, 0.5) is 5.69 Å². The number of ether oxygens (including phenoxy) is 2. The molecule has 4 aromatic rings. The van der Waals surface area contributed by atoms with Crippen molar-refractivity contribution < 1.29 is 14.3 Å². The fraction of sp³-hybridized carbons (Fsp3) is 0.320. The summed E-state index contributed by atoms with van der Waals surface area (Å²) < 4.78 is 13.1. The van der Waals surface area contributed by atoms with Gasteiger partial charge in [0.25, 0.3) is 0 Å². The molecule has 5 nitrogen and oxygen atoms in total. The molecule has 30 heavy (non-hydrogen) atoms. The molecule has 0 unspecified atom stereocenters. The molecule has 2 aromatic carbocycles. The van der Waals surface area contributed by atoms with Gasteiger partial charge in [0.2, 0.25) is 0 Å². The number of carbonyl (C=O) groups is 1. The minimum absolute atomic E-state index is 0.267. The lowest BCUT2D eigenvalue weighted by molar-refractivity contribution is 0.0525. The van der Waals surface area contributed by atoms with E-state index >= 15 is 0 Å². The van der Waals surface area contributed by atoms with E-state index in [-0.39, 0.29) is 5.97 Å². The van der Waals surface area contributed by atoms with Crippen molar-refractivity contribution in [2.24, 2.45) is 0 Å². The number of aromatic nitrogens is 1. The zero-order valence-electron chi connectivity index (χ0n) is 17.7. The van der Waals surface area contributed by atoms with Crippen LogP contribution in [-0.2, 0) is 9.47 Å². The molecule has 0 aliphatic carbocycles. The van der Waals surface area contributed by atoms with Crippen LogP contribution < -0.4 is 4.90 Å². The summed E-state index contributed by atoms with van der Waals surface area (Å²) in [5, 5.41) is 3.57. The van der Waals surface area contributed by atoms with Gasteiger partial charge in [-0.3, -0.25) is 0 Å². The van der Waals surface area contributed by atoms with Gasteiger partial charge in [-0.1, -0.05) is 24.3 Å². The first-order chi connectivity index (χ1) is 14.6. The average molecular weight is 402 g/mol. The van der Waals surface area contributed by atoms with E-state index in [4.69, 9.17) is 9.47 Å². The number of morpholine rings is 1. The Bertz CT molecular complexity index is 1280. The molecule has 0 spiro atoms.